The predicted octanol–water partition coefficient (Wildman–Crippen LogP) is 7.58. The molecule has 1 aromatic carbocycles. The van der Waals surface area contributed by atoms with E-state index < -0.39 is 11.7 Å². The summed E-state index contributed by atoms with van der Waals surface area (Å²) in [5.41, 5.74) is 2.03. The Kier molecular flexibility index (Phi) is 7.78. The van der Waals surface area contributed by atoms with Crippen molar-refractivity contribution in [2.45, 2.75) is 65.5 Å². The zero-order valence-corrected chi connectivity index (χ0v) is 15.1. The molecule has 0 heterocycles. The van der Waals surface area contributed by atoms with E-state index in [1.165, 1.54) is 11.6 Å². The Bertz CT molecular complexity index is 567. The molecule has 134 valence electrons. The van der Waals surface area contributed by atoms with Crippen molar-refractivity contribution in [3.63, 3.8) is 0 Å². The van der Waals surface area contributed by atoms with Crippen molar-refractivity contribution < 1.29 is 13.2 Å². The van der Waals surface area contributed by atoms with Crippen LogP contribution in [0.3, 0.4) is 0 Å². The lowest BCUT2D eigenvalue weighted by molar-refractivity contribution is -0.137. The first-order valence-electron chi connectivity index (χ1n) is 8.65. The molecule has 3 heteroatoms. The fourth-order valence-corrected chi connectivity index (χ4v) is 3.19. The van der Waals surface area contributed by atoms with Gasteiger partial charge < -0.3 is 0 Å². The summed E-state index contributed by atoms with van der Waals surface area (Å²) < 4.78 is 39.7. The Morgan fingerprint density at radius 3 is 2.38 bits per heavy atom. The molecule has 0 aromatic heterocycles. The number of benzene rings is 1. The third-order valence-electron chi connectivity index (χ3n) is 4.29. The van der Waals surface area contributed by atoms with E-state index in [1.807, 2.05) is 6.92 Å². The molecule has 0 fully saturated rings. The van der Waals surface area contributed by atoms with Gasteiger partial charge in [0.25, 0.3) is 0 Å². The molecule has 1 unspecified atom stereocenters. The Balaban J connectivity index is 2.73. The fraction of sp³-hybridized carbons (Fsp3) is 0.524. The van der Waals surface area contributed by atoms with Crippen molar-refractivity contribution in [3.05, 3.63) is 53.6 Å². The fourth-order valence-electron chi connectivity index (χ4n) is 3.19. The standard InChI is InChI=1S/C21H29F3/c1-6-8-18(13-15(2)3)10-7-9-17(5)19-12-11-16(4)14-20(19)21(22,23)24/h11-12,14,18H,2,5-10,13H2,1,3-4H3. The minimum Gasteiger partial charge on any atom is -0.166 e. The second-order valence-electron chi connectivity index (χ2n) is 6.86. The van der Waals surface area contributed by atoms with Crippen LogP contribution in [0, 0.1) is 12.8 Å². The first kappa shape index (κ1) is 20.5. The van der Waals surface area contributed by atoms with Crippen molar-refractivity contribution >= 4 is 5.57 Å². The molecule has 1 aromatic rings. The molecule has 0 aliphatic carbocycles. The average Bonchev–Trinajstić information content (AvgIpc) is 2.45. The normalized spacial score (nSPS) is 12.9. The maximum absolute atomic E-state index is 13.2. The van der Waals surface area contributed by atoms with Crippen LogP contribution < -0.4 is 0 Å². The lowest BCUT2D eigenvalue weighted by Gasteiger charge is -2.18. The van der Waals surface area contributed by atoms with Crippen molar-refractivity contribution in [1.29, 1.82) is 0 Å². The van der Waals surface area contributed by atoms with Gasteiger partial charge in [-0.2, -0.15) is 13.2 Å². The summed E-state index contributed by atoms with van der Waals surface area (Å²) in [6.07, 6.45) is 1.39. The number of rotatable bonds is 9. The topological polar surface area (TPSA) is 0 Å². The van der Waals surface area contributed by atoms with Crippen LogP contribution in [0.5, 0.6) is 0 Å². The van der Waals surface area contributed by atoms with E-state index in [1.54, 1.807) is 19.1 Å². The molecule has 0 saturated heterocycles. The Morgan fingerprint density at radius 2 is 1.83 bits per heavy atom. The maximum atomic E-state index is 13.2. The summed E-state index contributed by atoms with van der Waals surface area (Å²) in [4.78, 5) is 0. The van der Waals surface area contributed by atoms with E-state index in [4.69, 9.17) is 0 Å². The Labute approximate surface area is 144 Å². The summed E-state index contributed by atoms with van der Waals surface area (Å²) >= 11 is 0. The molecule has 1 rings (SSSR count). The van der Waals surface area contributed by atoms with Crippen LogP contribution in [0.4, 0.5) is 13.2 Å². The lowest BCUT2D eigenvalue weighted by atomic mass is 9.89. The zero-order valence-electron chi connectivity index (χ0n) is 15.1. The molecule has 0 amide bonds. The second kappa shape index (κ2) is 9.10. The molecule has 1 atom stereocenters. The number of hydrogen-bond donors (Lipinski definition) is 0. The molecule has 0 bridgehead atoms. The van der Waals surface area contributed by atoms with E-state index in [9.17, 15) is 13.2 Å². The van der Waals surface area contributed by atoms with Crippen molar-refractivity contribution in [2.75, 3.05) is 0 Å². The van der Waals surface area contributed by atoms with E-state index in [0.29, 0.717) is 23.5 Å². The van der Waals surface area contributed by atoms with E-state index in [2.05, 4.69) is 20.1 Å². The van der Waals surface area contributed by atoms with Gasteiger partial charge in [-0.25, -0.2) is 0 Å². The van der Waals surface area contributed by atoms with Crippen LogP contribution in [-0.2, 0) is 6.18 Å². The van der Waals surface area contributed by atoms with Gasteiger partial charge in [-0.1, -0.05) is 49.6 Å². The van der Waals surface area contributed by atoms with Gasteiger partial charge in [-0.3, -0.25) is 0 Å². The van der Waals surface area contributed by atoms with Crippen LogP contribution >= 0.6 is 0 Å². The SMILES string of the molecule is C=C(C)CC(CCC)CCCC(=C)c1ccc(C)cc1C(F)(F)F. The van der Waals surface area contributed by atoms with Gasteiger partial charge in [0.05, 0.1) is 5.56 Å². The highest BCUT2D eigenvalue weighted by Crippen LogP contribution is 2.36. The smallest absolute Gasteiger partial charge is 0.166 e. The Morgan fingerprint density at radius 1 is 1.17 bits per heavy atom. The number of aryl methyl sites for hydroxylation is 1. The zero-order chi connectivity index (χ0) is 18.3. The molecule has 0 nitrogen and oxygen atoms in total. The van der Waals surface area contributed by atoms with Gasteiger partial charge in [0, 0.05) is 0 Å². The van der Waals surface area contributed by atoms with Gasteiger partial charge in [-0.15, -0.1) is 6.58 Å². The third kappa shape index (κ3) is 6.54. The minimum absolute atomic E-state index is 0.236. The molecular formula is C21H29F3. The molecule has 0 N–H and O–H groups in total. The molecule has 24 heavy (non-hydrogen) atoms. The Hall–Kier alpha value is -1.51. The van der Waals surface area contributed by atoms with E-state index in [-0.39, 0.29) is 5.56 Å². The summed E-state index contributed by atoms with van der Waals surface area (Å²) in [7, 11) is 0. The second-order valence-corrected chi connectivity index (χ2v) is 6.86. The molecule has 0 radical (unpaired) electrons. The first-order valence-corrected chi connectivity index (χ1v) is 8.65. The van der Waals surface area contributed by atoms with E-state index in [0.717, 1.165) is 32.1 Å². The first-order chi connectivity index (χ1) is 11.1. The summed E-state index contributed by atoms with van der Waals surface area (Å²) in [6.45, 7) is 13.8. The van der Waals surface area contributed by atoms with Crippen LogP contribution in [0.2, 0.25) is 0 Å². The average molecular weight is 338 g/mol. The molecule has 0 aliphatic heterocycles. The van der Waals surface area contributed by atoms with Crippen molar-refractivity contribution in [3.8, 4) is 0 Å². The van der Waals surface area contributed by atoms with Gasteiger partial charge in [-0.05, 0) is 62.7 Å². The van der Waals surface area contributed by atoms with Crippen LogP contribution in [0.25, 0.3) is 5.57 Å². The summed E-state index contributed by atoms with van der Waals surface area (Å²) in [5, 5.41) is 0. The quantitative estimate of drug-likeness (QED) is 0.407. The van der Waals surface area contributed by atoms with Crippen LogP contribution in [0.15, 0.2) is 36.9 Å². The third-order valence-corrected chi connectivity index (χ3v) is 4.29. The molecular weight excluding hydrogens is 309 g/mol. The highest BCUT2D eigenvalue weighted by molar-refractivity contribution is 5.67. The van der Waals surface area contributed by atoms with Gasteiger partial charge in [0.2, 0.25) is 0 Å². The number of hydrogen-bond acceptors (Lipinski definition) is 0. The highest BCUT2D eigenvalue weighted by Gasteiger charge is 2.33. The predicted molar refractivity (Wildman–Crippen MR) is 96.9 cm³/mol. The van der Waals surface area contributed by atoms with Crippen LogP contribution in [-0.4, -0.2) is 0 Å². The summed E-state index contributed by atoms with van der Waals surface area (Å²) in [6, 6.07) is 4.48. The molecule has 0 spiro atoms. The number of halogens is 3. The number of allylic oxidation sites excluding steroid dienone is 2. The van der Waals surface area contributed by atoms with Gasteiger partial charge >= 0.3 is 6.18 Å². The van der Waals surface area contributed by atoms with Crippen LogP contribution in [0.1, 0.15) is 69.1 Å². The minimum atomic E-state index is -4.34. The highest BCUT2D eigenvalue weighted by atomic mass is 19.4. The number of alkyl halides is 3. The van der Waals surface area contributed by atoms with Gasteiger partial charge in [0.15, 0.2) is 0 Å². The van der Waals surface area contributed by atoms with Crippen molar-refractivity contribution in [1.82, 2.24) is 0 Å². The van der Waals surface area contributed by atoms with Crippen molar-refractivity contribution in [2.24, 2.45) is 5.92 Å². The lowest BCUT2D eigenvalue weighted by Crippen LogP contribution is -2.09. The summed E-state index contributed by atoms with van der Waals surface area (Å²) in [5.74, 6) is 0.570. The molecule has 0 saturated carbocycles. The largest absolute Gasteiger partial charge is 0.417 e. The maximum Gasteiger partial charge on any atom is 0.417 e. The van der Waals surface area contributed by atoms with E-state index >= 15 is 0 Å². The molecule has 0 aliphatic rings. The van der Waals surface area contributed by atoms with Gasteiger partial charge in [0.1, 0.15) is 0 Å². The monoisotopic (exact) mass is 338 g/mol.